The molecule has 5 nitrogen and oxygen atoms in total. The average Bonchev–Trinajstić information content (AvgIpc) is 3.20. The van der Waals surface area contributed by atoms with Crippen molar-refractivity contribution in [3.05, 3.63) is 24.5 Å². The maximum absolute atomic E-state index is 9.85. The molecule has 1 unspecified atom stereocenters. The van der Waals surface area contributed by atoms with E-state index in [1.54, 1.807) is 0 Å². The second kappa shape index (κ2) is 4.42. The molecular formula is C13H16N4O. The van der Waals surface area contributed by atoms with Gasteiger partial charge in [0.25, 0.3) is 0 Å². The second-order valence-electron chi connectivity index (χ2n) is 4.78. The van der Waals surface area contributed by atoms with Crippen LogP contribution in [0, 0.1) is 5.92 Å². The van der Waals surface area contributed by atoms with Crippen molar-refractivity contribution in [2.45, 2.75) is 18.9 Å². The molecule has 0 spiro atoms. The highest BCUT2D eigenvalue weighted by Gasteiger charge is 2.29. The van der Waals surface area contributed by atoms with Gasteiger partial charge in [-0.15, -0.1) is 0 Å². The van der Waals surface area contributed by atoms with Crippen LogP contribution < -0.4 is 11.1 Å². The highest BCUT2D eigenvalue weighted by Crippen LogP contribution is 2.32. The predicted octanol–water partition coefficient (Wildman–Crippen LogP) is 1.39. The van der Waals surface area contributed by atoms with E-state index >= 15 is 0 Å². The number of rotatable bonds is 4. The Hall–Kier alpha value is -1.88. The van der Waals surface area contributed by atoms with Gasteiger partial charge in [0.2, 0.25) is 0 Å². The minimum absolute atomic E-state index is 0.295. The van der Waals surface area contributed by atoms with E-state index < -0.39 is 0 Å². The number of aliphatic hydroxyl groups excluding tert-OH is 1. The Morgan fingerprint density at radius 3 is 3.00 bits per heavy atom. The predicted molar refractivity (Wildman–Crippen MR) is 71.2 cm³/mol. The zero-order chi connectivity index (χ0) is 12.5. The molecular weight excluding hydrogens is 228 g/mol. The van der Waals surface area contributed by atoms with E-state index in [2.05, 4.69) is 15.3 Å². The Balaban J connectivity index is 1.83. The number of hydrogen-bond donors (Lipinski definition) is 3. The van der Waals surface area contributed by atoms with Gasteiger partial charge < -0.3 is 16.2 Å². The van der Waals surface area contributed by atoms with Gasteiger partial charge in [-0.05, 0) is 37.0 Å². The van der Waals surface area contributed by atoms with E-state index in [0.29, 0.717) is 18.2 Å². The number of anilines is 2. The normalized spacial score (nSPS) is 16.7. The molecule has 0 amide bonds. The molecule has 1 saturated carbocycles. The fraction of sp³-hybridized carbons (Fsp3) is 0.385. The molecule has 1 aromatic heterocycles. The van der Waals surface area contributed by atoms with Gasteiger partial charge in [-0.25, -0.2) is 9.97 Å². The molecule has 2 aromatic rings. The molecule has 1 aliphatic rings. The minimum atomic E-state index is -0.295. The van der Waals surface area contributed by atoms with Crippen LogP contribution in [0.4, 0.5) is 11.5 Å². The molecule has 0 aliphatic heterocycles. The molecule has 1 aromatic carbocycles. The molecule has 1 atom stereocenters. The maximum Gasteiger partial charge on any atom is 0.137 e. The van der Waals surface area contributed by atoms with Gasteiger partial charge in [0.1, 0.15) is 12.1 Å². The minimum Gasteiger partial charge on any atom is -0.399 e. The van der Waals surface area contributed by atoms with Gasteiger partial charge in [0.05, 0.1) is 11.6 Å². The fourth-order valence-corrected chi connectivity index (χ4v) is 2.06. The van der Waals surface area contributed by atoms with Gasteiger partial charge in [0.15, 0.2) is 0 Å². The lowest BCUT2D eigenvalue weighted by Gasteiger charge is -2.12. The molecule has 4 N–H and O–H groups in total. The molecule has 3 rings (SSSR count). The van der Waals surface area contributed by atoms with Crippen LogP contribution >= 0.6 is 0 Å². The standard InChI is InChI=1S/C13H16N4O/c14-9-3-4-11-10(5-9)13(17-7-16-11)15-6-12(18)8-1-2-8/h3-5,7-8,12,18H,1-2,6,14H2,(H,15,16,17). The van der Waals surface area contributed by atoms with Crippen LogP contribution in [-0.4, -0.2) is 27.7 Å². The smallest absolute Gasteiger partial charge is 0.137 e. The summed E-state index contributed by atoms with van der Waals surface area (Å²) in [7, 11) is 0. The average molecular weight is 244 g/mol. The summed E-state index contributed by atoms with van der Waals surface area (Å²) in [5, 5.41) is 13.9. The molecule has 1 fully saturated rings. The molecule has 1 aliphatic carbocycles. The zero-order valence-corrected chi connectivity index (χ0v) is 10.0. The van der Waals surface area contributed by atoms with Crippen LogP contribution in [0.2, 0.25) is 0 Å². The maximum atomic E-state index is 9.85. The number of nitrogen functional groups attached to an aromatic ring is 1. The molecule has 1 heterocycles. The first kappa shape index (κ1) is 11.2. The molecule has 0 bridgehead atoms. The van der Waals surface area contributed by atoms with Crippen LogP contribution in [0.15, 0.2) is 24.5 Å². The number of nitrogens with zero attached hydrogens (tertiary/aromatic N) is 2. The highest BCUT2D eigenvalue weighted by atomic mass is 16.3. The van der Waals surface area contributed by atoms with Crippen LogP contribution in [0.25, 0.3) is 10.9 Å². The number of benzene rings is 1. The summed E-state index contributed by atoms with van der Waals surface area (Å²) >= 11 is 0. The lowest BCUT2D eigenvalue weighted by atomic mass is 10.2. The Morgan fingerprint density at radius 1 is 1.39 bits per heavy atom. The molecule has 18 heavy (non-hydrogen) atoms. The van der Waals surface area contributed by atoms with Gasteiger partial charge in [-0.3, -0.25) is 0 Å². The first-order valence-corrected chi connectivity index (χ1v) is 6.16. The van der Waals surface area contributed by atoms with Crippen molar-refractivity contribution in [1.82, 2.24) is 9.97 Å². The van der Waals surface area contributed by atoms with Gasteiger partial charge in [-0.2, -0.15) is 0 Å². The van der Waals surface area contributed by atoms with E-state index in [4.69, 9.17) is 5.73 Å². The van der Waals surface area contributed by atoms with Gasteiger partial charge in [0, 0.05) is 17.6 Å². The summed E-state index contributed by atoms with van der Waals surface area (Å²) in [6, 6.07) is 5.54. The van der Waals surface area contributed by atoms with Gasteiger partial charge >= 0.3 is 0 Å². The Morgan fingerprint density at radius 2 is 2.22 bits per heavy atom. The number of nitrogens with two attached hydrogens (primary N) is 1. The van der Waals surface area contributed by atoms with Crippen LogP contribution in [0.1, 0.15) is 12.8 Å². The summed E-state index contributed by atoms with van der Waals surface area (Å²) in [6.45, 7) is 0.519. The van der Waals surface area contributed by atoms with Crippen LogP contribution in [-0.2, 0) is 0 Å². The van der Waals surface area contributed by atoms with Crippen LogP contribution in [0.3, 0.4) is 0 Å². The Labute approximate surface area is 105 Å². The quantitative estimate of drug-likeness (QED) is 0.708. The number of nitrogens with one attached hydrogen (secondary N) is 1. The third-order valence-corrected chi connectivity index (χ3v) is 3.30. The number of aromatic nitrogens is 2. The SMILES string of the molecule is Nc1ccc2ncnc(NCC(O)C3CC3)c2c1. The monoisotopic (exact) mass is 244 g/mol. The largest absolute Gasteiger partial charge is 0.399 e. The van der Waals surface area contributed by atoms with E-state index in [-0.39, 0.29) is 6.10 Å². The topological polar surface area (TPSA) is 84.1 Å². The number of fused-ring (bicyclic) bond motifs is 1. The summed E-state index contributed by atoms with van der Waals surface area (Å²) in [5.74, 6) is 1.18. The summed E-state index contributed by atoms with van der Waals surface area (Å²) in [4.78, 5) is 8.40. The molecule has 94 valence electrons. The van der Waals surface area contributed by atoms with Crippen LogP contribution in [0.5, 0.6) is 0 Å². The molecule has 0 saturated heterocycles. The van der Waals surface area contributed by atoms with Crippen molar-refractivity contribution in [3.8, 4) is 0 Å². The summed E-state index contributed by atoms with van der Waals surface area (Å²) in [6.07, 6.45) is 3.47. The number of hydrogen-bond acceptors (Lipinski definition) is 5. The Kier molecular flexibility index (Phi) is 2.76. The fourth-order valence-electron chi connectivity index (χ4n) is 2.06. The number of aliphatic hydroxyl groups is 1. The lowest BCUT2D eigenvalue weighted by Crippen LogP contribution is -2.21. The van der Waals surface area contributed by atoms with Crippen molar-refractivity contribution in [2.24, 2.45) is 5.92 Å². The first-order valence-electron chi connectivity index (χ1n) is 6.16. The summed E-state index contributed by atoms with van der Waals surface area (Å²) < 4.78 is 0. The van der Waals surface area contributed by atoms with Gasteiger partial charge in [-0.1, -0.05) is 0 Å². The van der Waals surface area contributed by atoms with E-state index in [9.17, 15) is 5.11 Å². The van der Waals surface area contributed by atoms with Crippen molar-refractivity contribution >= 4 is 22.4 Å². The lowest BCUT2D eigenvalue weighted by molar-refractivity contribution is 0.164. The summed E-state index contributed by atoms with van der Waals surface area (Å²) in [5.41, 5.74) is 7.31. The first-order chi connectivity index (χ1) is 8.74. The molecule has 5 heteroatoms. The highest BCUT2D eigenvalue weighted by molar-refractivity contribution is 5.91. The third kappa shape index (κ3) is 2.22. The van der Waals surface area contributed by atoms with Crippen molar-refractivity contribution < 1.29 is 5.11 Å². The third-order valence-electron chi connectivity index (χ3n) is 3.30. The molecule has 0 radical (unpaired) electrons. The Bertz CT molecular complexity index is 568. The van der Waals surface area contributed by atoms with E-state index in [0.717, 1.165) is 29.6 Å². The van der Waals surface area contributed by atoms with E-state index in [1.807, 2.05) is 18.2 Å². The second-order valence-corrected chi connectivity index (χ2v) is 4.78. The van der Waals surface area contributed by atoms with Crippen molar-refractivity contribution in [3.63, 3.8) is 0 Å². The van der Waals surface area contributed by atoms with E-state index in [1.165, 1.54) is 6.33 Å². The zero-order valence-electron chi connectivity index (χ0n) is 10.0. The van der Waals surface area contributed by atoms with Crippen molar-refractivity contribution in [1.29, 1.82) is 0 Å². The van der Waals surface area contributed by atoms with Crippen molar-refractivity contribution in [2.75, 3.05) is 17.6 Å².